The van der Waals surface area contributed by atoms with Crippen LogP contribution >= 0.6 is 27.3 Å². The van der Waals surface area contributed by atoms with E-state index in [1.807, 2.05) is 30.3 Å². The molecule has 0 aliphatic heterocycles. The van der Waals surface area contributed by atoms with Gasteiger partial charge in [-0.2, -0.15) is 0 Å². The molecule has 1 heterocycles. The standard InChI is InChI=1S/C13H14BrNOS/c14-11-3-1-4-12(7-11)16-9-10(8-15)13-5-2-6-17-13/h1-7,10H,8-9,15H2. The van der Waals surface area contributed by atoms with Gasteiger partial charge in [-0.1, -0.05) is 28.1 Å². The number of ether oxygens (including phenoxy) is 1. The van der Waals surface area contributed by atoms with Crippen molar-refractivity contribution in [2.75, 3.05) is 13.2 Å². The number of halogens is 1. The van der Waals surface area contributed by atoms with Gasteiger partial charge < -0.3 is 10.5 Å². The van der Waals surface area contributed by atoms with E-state index in [4.69, 9.17) is 10.5 Å². The highest BCUT2D eigenvalue weighted by Crippen LogP contribution is 2.23. The van der Waals surface area contributed by atoms with Crippen LogP contribution in [0.1, 0.15) is 10.8 Å². The Hall–Kier alpha value is -0.840. The second-order valence-corrected chi connectivity index (χ2v) is 5.61. The van der Waals surface area contributed by atoms with E-state index in [1.54, 1.807) is 11.3 Å². The smallest absolute Gasteiger partial charge is 0.120 e. The molecule has 90 valence electrons. The lowest BCUT2D eigenvalue weighted by atomic mass is 10.1. The van der Waals surface area contributed by atoms with Crippen molar-refractivity contribution in [1.82, 2.24) is 0 Å². The molecule has 0 saturated carbocycles. The molecule has 0 aliphatic carbocycles. The highest BCUT2D eigenvalue weighted by molar-refractivity contribution is 9.10. The van der Waals surface area contributed by atoms with Crippen molar-refractivity contribution in [1.29, 1.82) is 0 Å². The molecule has 0 spiro atoms. The molecule has 0 bridgehead atoms. The number of thiophene rings is 1. The molecule has 2 aromatic rings. The van der Waals surface area contributed by atoms with Gasteiger partial charge in [-0.15, -0.1) is 11.3 Å². The third kappa shape index (κ3) is 3.56. The Bertz CT molecular complexity index is 458. The van der Waals surface area contributed by atoms with Crippen LogP contribution in [0.4, 0.5) is 0 Å². The Kier molecular flexibility index (Phi) is 4.59. The van der Waals surface area contributed by atoms with Crippen molar-refractivity contribution in [3.8, 4) is 5.75 Å². The van der Waals surface area contributed by atoms with Gasteiger partial charge in [0.1, 0.15) is 5.75 Å². The highest BCUT2D eigenvalue weighted by atomic mass is 79.9. The molecular weight excluding hydrogens is 298 g/mol. The van der Waals surface area contributed by atoms with Gasteiger partial charge >= 0.3 is 0 Å². The van der Waals surface area contributed by atoms with Gasteiger partial charge in [0.25, 0.3) is 0 Å². The van der Waals surface area contributed by atoms with Crippen molar-refractivity contribution >= 4 is 27.3 Å². The summed E-state index contributed by atoms with van der Waals surface area (Å²) in [4.78, 5) is 1.28. The topological polar surface area (TPSA) is 35.2 Å². The maximum absolute atomic E-state index is 5.78. The van der Waals surface area contributed by atoms with Gasteiger partial charge in [0.05, 0.1) is 6.61 Å². The molecule has 0 amide bonds. The molecule has 4 heteroatoms. The molecule has 0 aliphatic rings. The molecule has 1 aromatic carbocycles. The average Bonchev–Trinajstić information content (AvgIpc) is 2.84. The van der Waals surface area contributed by atoms with Gasteiger partial charge in [0.15, 0.2) is 0 Å². The molecule has 1 atom stereocenters. The van der Waals surface area contributed by atoms with E-state index in [1.165, 1.54) is 4.88 Å². The first kappa shape index (κ1) is 12.6. The van der Waals surface area contributed by atoms with Gasteiger partial charge in [0.2, 0.25) is 0 Å². The van der Waals surface area contributed by atoms with Gasteiger partial charge in [-0.25, -0.2) is 0 Å². The van der Waals surface area contributed by atoms with Gasteiger partial charge in [-0.05, 0) is 29.6 Å². The highest BCUT2D eigenvalue weighted by Gasteiger charge is 2.11. The van der Waals surface area contributed by atoms with E-state index in [-0.39, 0.29) is 5.92 Å². The van der Waals surface area contributed by atoms with Crippen molar-refractivity contribution in [3.63, 3.8) is 0 Å². The van der Waals surface area contributed by atoms with Crippen LogP contribution in [0, 0.1) is 0 Å². The summed E-state index contributed by atoms with van der Waals surface area (Å²) in [6, 6.07) is 12.0. The minimum absolute atomic E-state index is 0.272. The Morgan fingerprint density at radius 3 is 2.82 bits per heavy atom. The fourth-order valence-electron chi connectivity index (χ4n) is 1.54. The third-order valence-corrected chi connectivity index (χ3v) is 4.01. The summed E-state index contributed by atoms with van der Waals surface area (Å²) < 4.78 is 6.78. The predicted octanol–water partition coefficient (Wildman–Crippen LogP) is 3.63. The summed E-state index contributed by atoms with van der Waals surface area (Å²) in [5, 5.41) is 2.07. The minimum Gasteiger partial charge on any atom is -0.493 e. The van der Waals surface area contributed by atoms with Gasteiger partial charge in [-0.3, -0.25) is 0 Å². The monoisotopic (exact) mass is 311 g/mol. The first-order valence-corrected chi connectivity index (χ1v) is 7.08. The molecule has 0 radical (unpaired) electrons. The first-order chi connectivity index (χ1) is 8.29. The first-order valence-electron chi connectivity index (χ1n) is 5.41. The molecule has 17 heavy (non-hydrogen) atoms. The zero-order valence-electron chi connectivity index (χ0n) is 9.30. The van der Waals surface area contributed by atoms with Crippen LogP contribution in [0.15, 0.2) is 46.3 Å². The van der Waals surface area contributed by atoms with E-state index in [2.05, 4.69) is 27.4 Å². The molecule has 2 nitrogen and oxygen atoms in total. The summed E-state index contributed by atoms with van der Waals surface area (Å²) in [7, 11) is 0. The number of hydrogen-bond acceptors (Lipinski definition) is 3. The fraction of sp³-hybridized carbons (Fsp3) is 0.231. The molecule has 2 rings (SSSR count). The number of benzene rings is 1. The van der Waals surface area contributed by atoms with Crippen LogP contribution in [0.5, 0.6) is 5.75 Å². The Morgan fingerprint density at radius 1 is 1.29 bits per heavy atom. The lowest BCUT2D eigenvalue weighted by Gasteiger charge is -2.14. The quantitative estimate of drug-likeness (QED) is 0.915. The number of nitrogens with two attached hydrogens (primary N) is 1. The molecule has 1 aromatic heterocycles. The molecule has 2 N–H and O–H groups in total. The zero-order valence-corrected chi connectivity index (χ0v) is 11.7. The minimum atomic E-state index is 0.272. The van der Waals surface area contributed by atoms with Crippen LogP contribution in [0.3, 0.4) is 0 Å². The van der Waals surface area contributed by atoms with Crippen LogP contribution in [-0.2, 0) is 0 Å². The van der Waals surface area contributed by atoms with Crippen LogP contribution in [0.25, 0.3) is 0 Å². The van der Waals surface area contributed by atoms with E-state index < -0.39 is 0 Å². The number of hydrogen-bond donors (Lipinski definition) is 1. The van der Waals surface area contributed by atoms with E-state index in [0.717, 1.165) is 10.2 Å². The number of rotatable bonds is 5. The van der Waals surface area contributed by atoms with Crippen molar-refractivity contribution in [3.05, 3.63) is 51.1 Å². The summed E-state index contributed by atoms with van der Waals surface area (Å²) >= 11 is 5.15. The lowest BCUT2D eigenvalue weighted by molar-refractivity contribution is 0.292. The van der Waals surface area contributed by atoms with Crippen molar-refractivity contribution < 1.29 is 4.74 Å². The predicted molar refractivity (Wildman–Crippen MR) is 75.8 cm³/mol. The summed E-state index contributed by atoms with van der Waals surface area (Å²) in [5.74, 6) is 1.14. The Balaban J connectivity index is 1.97. The Morgan fingerprint density at radius 2 is 2.18 bits per heavy atom. The van der Waals surface area contributed by atoms with Crippen molar-refractivity contribution in [2.45, 2.75) is 5.92 Å². The maximum atomic E-state index is 5.78. The molecule has 0 fully saturated rings. The van der Waals surface area contributed by atoms with E-state index in [0.29, 0.717) is 13.2 Å². The van der Waals surface area contributed by atoms with E-state index in [9.17, 15) is 0 Å². The maximum Gasteiger partial charge on any atom is 0.120 e. The second-order valence-electron chi connectivity index (χ2n) is 3.72. The summed E-state index contributed by atoms with van der Waals surface area (Å²) in [6.45, 7) is 1.22. The third-order valence-electron chi connectivity index (χ3n) is 2.48. The zero-order chi connectivity index (χ0) is 12.1. The average molecular weight is 312 g/mol. The van der Waals surface area contributed by atoms with Crippen LogP contribution < -0.4 is 10.5 Å². The molecule has 1 unspecified atom stereocenters. The summed E-state index contributed by atoms with van der Waals surface area (Å²) in [6.07, 6.45) is 0. The second kappa shape index (κ2) is 6.19. The van der Waals surface area contributed by atoms with Gasteiger partial charge in [0, 0.05) is 21.8 Å². The van der Waals surface area contributed by atoms with Crippen LogP contribution in [0.2, 0.25) is 0 Å². The lowest BCUT2D eigenvalue weighted by Crippen LogP contribution is -2.18. The molecular formula is C13H14BrNOS. The SMILES string of the molecule is NCC(COc1cccc(Br)c1)c1cccs1. The normalized spacial score (nSPS) is 12.4. The molecule has 0 saturated heterocycles. The fourth-order valence-corrected chi connectivity index (χ4v) is 2.75. The Labute approximate surface area is 114 Å². The largest absolute Gasteiger partial charge is 0.493 e. The van der Waals surface area contributed by atoms with Crippen molar-refractivity contribution in [2.24, 2.45) is 5.73 Å². The van der Waals surface area contributed by atoms with Crippen LogP contribution in [-0.4, -0.2) is 13.2 Å². The van der Waals surface area contributed by atoms with E-state index >= 15 is 0 Å². The summed E-state index contributed by atoms with van der Waals surface area (Å²) in [5.41, 5.74) is 5.78.